The van der Waals surface area contributed by atoms with Crippen LogP contribution in [0, 0.1) is 0 Å². The second-order valence-electron chi connectivity index (χ2n) is 0.447. The van der Waals surface area contributed by atoms with Gasteiger partial charge in [-0.15, -0.1) is 0 Å². The van der Waals surface area contributed by atoms with Crippen molar-refractivity contribution in [2.24, 2.45) is 0 Å². The molecule has 6 nitrogen and oxygen atoms in total. The monoisotopic (exact) mass is 194 g/mol. The first kappa shape index (κ1) is 23.5. The van der Waals surface area contributed by atoms with E-state index < -0.39 is 7.82 Å². The summed E-state index contributed by atoms with van der Waals surface area (Å²) in [5, 5.41) is 0. The minimum atomic E-state index is -5.39. The Bertz CT molecular complexity index is 54.7. The first-order valence-electron chi connectivity index (χ1n) is 0.730. The van der Waals surface area contributed by atoms with Gasteiger partial charge in [-0.25, -0.2) is 0 Å². The fourth-order valence-electron chi connectivity index (χ4n) is 0. The number of hydrogen-bond donors (Lipinski definition) is 0. The van der Waals surface area contributed by atoms with E-state index in [0.717, 1.165) is 0 Å². The van der Waals surface area contributed by atoms with Crippen LogP contribution in [0.4, 0.5) is 0 Å². The Morgan fingerprint density at radius 3 is 1.00 bits per heavy atom. The molecule has 0 aliphatic rings. The van der Waals surface area contributed by atoms with E-state index in [-0.39, 0.29) is 28.0 Å². The van der Waals surface area contributed by atoms with Crippen LogP contribution in [0.25, 0.3) is 0 Å². The number of phosphoric acid groups is 1. The van der Waals surface area contributed by atoms with E-state index in [4.69, 9.17) is 19.2 Å². The molecule has 0 atom stereocenters. The van der Waals surface area contributed by atoms with Crippen LogP contribution in [0.15, 0.2) is 0 Å². The zero-order valence-corrected chi connectivity index (χ0v) is 5.22. The third kappa shape index (κ3) is 668. The van der Waals surface area contributed by atoms with Crippen molar-refractivity contribution in [1.82, 2.24) is 0 Å². The van der Waals surface area contributed by atoms with Gasteiger partial charge in [-0.2, -0.15) is 7.82 Å². The Kier molecular flexibility index (Phi) is 22.2. The Morgan fingerprint density at radius 1 is 1.00 bits per heavy atom. The molecule has 0 saturated carbocycles. The summed E-state index contributed by atoms with van der Waals surface area (Å²) in [6, 6.07) is 0. The third-order valence-electron chi connectivity index (χ3n) is 0. The molecule has 0 spiro atoms. The van der Waals surface area contributed by atoms with Gasteiger partial charge in [0.25, 0.3) is 0 Å². The van der Waals surface area contributed by atoms with Gasteiger partial charge in [0, 0.05) is 17.1 Å². The zero-order valence-electron chi connectivity index (χ0n) is 3.38. The molecule has 0 unspecified atom stereocenters. The molecule has 0 aromatic carbocycles. The van der Waals surface area contributed by atoms with Gasteiger partial charge in [0.2, 0.25) is 0 Å². The molecule has 1 radical (unpaired) electrons. The van der Waals surface area contributed by atoms with Crippen molar-refractivity contribution in [2.45, 2.75) is 0 Å². The molecule has 0 aromatic rings. The van der Waals surface area contributed by atoms with E-state index in [1.165, 1.54) is 0 Å². The Hall–Kier alpha value is 0.549. The summed E-state index contributed by atoms with van der Waals surface area (Å²) in [5.74, 6) is 0. The molecule has 0 fully saturated rings. The molecule has 8 heteroatoms. The maximum atomic E-state index is 8.55. The zero-order chi connectivity index (χ0) is 4.50. The van der Waals surface area contributed by atoms with Gasteiger partial charge in [0.1, 0.15) is 0 Å². The smallest absolute Gasteiger partial charge is 0 e. The van der Waals surface area contributed by atoms with E-state index in [9.17, 15) is 0 Å². The minimum Gasteiger partial charge on any atom is -0.822 e. The number of rotatable bonds is 0. The SMILES string of the molecule is O.O.O=P([O-])([O-])[O-].[Cu]. The third-order valence-corrected chi connectivity index (χ3v) is 0. The number of hydrogen-bond acceptors (Lipinski definition) is 4. The molecular formula is H4CuO6P-3. The van der Waals surface area contributed by atoms with Crippen molar-refractivity contribution in [2.75, 3.05) is 0 Å². The molecule has 0 bridgehead atoms. The van der Waals surface area contributed by atoms with E-state index in [2.05, 4.69) is 0 Å². The molecular weight excluding hydrogens is 191 g/mol. The van der Waals surface area contributed by atoms with Gasteiger partial charge < -0.3 is 30.2 Å². The summed E-state index contributed by atoms with van der Waals surface area (Å²) in [6.45, 7) is 0. The molecule has 0 aliphatic heterocycles. The van der Waals surface area contributed by atoms with E-state index in [0.29, 0.717) is 0 Å². The van der Waals surface area contributed by atoms with Crippen molar-refractivity contribution >= 4 is 7.82 Å². The largest absolute Gasteiger partial charge is 0.822 e. The van der Waals surface area contributed by atoms with Crippen LogP contribution in [-0.2, 0) is 21.6 Å². The van der Waals surface area contributed by atoms with Gasteiger partial charge in [0.05, 0.1) is 0 Å². The summed E-state index contributed by atoms with van der Waals surface area (Å²) < 4.78 is 8.55. The summed E-state index contributed by atoms with van der Waals surface area (Å²) in [4.78, 5) is 25.6. The van der Waals surface area contributed by atoms with Crippen molar-refractivity contribution in [3.05, 3.63) is 0 Å². The average Bonchev–Trinajstić information content (AvgIpc) is 0.722. The summed E-state index contributed by atoms with van der Waals surface area (Å²) in [7, 11) is -5.39. The minimum absolute atomic E-state index is 0. The topological polar surface area (TPSA) is 149 Å². The fourth-order valence-corrected chi connectivity index (χ4v) is 0. The first-order valence-corrected chi connectivity index (χ1v) is 2.19. The van der Waals surface area contributed by atoms with Gasteiger partial charge in [-0.1, -0.05) is 0 Å². The first-order chi connectivity index (χ1) is 2.00. The van der Waals surface area contributed by atoms with E-state index in [1.54, 1.807) is 0 Å². The molecule has 0 heterocycles. The Balaban J connectivity index is -0.0000000267. The molecule has 0 rings (SSSR count). The predicted octanol–water partition coefficient (Wildman–Crippen LogP) is -4.48. The molecule has 0 amide bonds. The van der Waals surface area contributed by atoms with Crippen LogP contribution in [0.3, 0.4) is 0 Å². The van der Waals surface area contributed by atoms with Crippen LogP contribution in [0.5, 0.6) is 0 Å². The standard InChI is InChI=1S/Cu.H3O4P.2H2O/c;1-5(2,3)4;;/h;(H3,1,2,3,4);2*1H2/p-3. The maximum absolute atomic E-state index is 8.55. The summed E-state index contributed by atoms with van der Waals surface area (Å²) in [5.41, 5.74) is 0. The van der Waals surface area contributed by atoms with Crippen LogP contribution >= 0.6 is 7.82 Å². The Morgan fingerprint density at radius 2 is 1.00 bits per heavy atom. The molecule has 0 saturated heterocycles. The average molecular weight is 195 g/mol. The molecule has 8 heavy (non-hydrogen) atoms. The van der Waals surface area contributed by atoms with E-state index in [1.807, 2.05) is 0 Å². The van der Waals surface area contributed by atoms with Gasteiger partial charge in [0.15, 0.2) is 0 Å². The van der Waals surface area contributed by atoms with Crippen LogP contribution in [-0.4, -0.2) is 11.0 Å². The van der Waals surface area contributed by atoms with Gasteiger partial charge in [-0.3, -0.25) is 0 Å². The Labute approximate surface area is 55.9 Å². The van der Waals surface area contributed by atoms with Crippen LogP contribution < -0.4 is 14.7 Å². The molecule has 59 valence electrons. The van der Waals surface area contributed by atoms with Crippen molar-refractivity contribution in [3.8, 4) is 0 Å². The summed E-state index contributed by atoms with van der Waals surface area (Å²) in [6.07, 6.45) is 0. The van der Waals surface area contributed by atoms with Crippen molar-refractivity contribution in [1.29, 1.82) is 0 Å². The predicted molar refractivity (Wildman–Crippen MR) is 14.8 cm³/mol. The molecule has 0 aromatic heterocycles. The second kappa shape index (κ2) is 7.55. The van der Waals surface area contributed by atoms with Crippen molar-refractivity contribution < 1.29 is 47.3 Å². The van der Waals surface area contributed by atoms with Crippen LogP contribution in [0.1, 0.15) is 0 Å². The summed E-state index contributed by atoms with van der Waals surface area (Å²) >= 11 is 0. The van der Waals surface area contributed by atoms with Crippen LogP contribution in [0.2, 0.25) is 0 Å². The quantitative estimate of drug-likeness (QED) is 0.282. The van der Waals surface area contributed by atoms with Gasteiger partial charge in [-0.05, 0) is 0 Å². The fraction of sp³-hybridized carbons (Fsp3) is 0. The normalized spacial score (nSPS) is 7.38. The van der Waals surface area contributed by atoms with Crippen molar-refractivity contribution in [3.63, 3.8) is 0 Å². The molecule has 0 aliphatic carbocycles. The van der Waals surface area contributed by atoms with E-state index >= 15 is 0 Å². The van der Waals surface area contributed by atoms with Gasteiger partial charge >= 0.3 is 0 Å². The maximum Gasteiger partial charge on any atom is 0 e. The second-order valence-corrected chi connectivity index (χ2v) is 1.34. The molecule has 4 N–H and O–H groups in total.